The van der Waals surface area contributed by atoms with Crippen molar-refractivity contribution in [1.29, 1.82) is 0 Å². The highest BCUT2D eigenvalue weighted by Gasteiger charge is 2.53. The average molecular weight is 488 g/mol. The van der Waals surface area contributed by atoms with E-state index < -0.39 is 11.6 Å². The van der Waals surface area contributed by atoms with Gasteiger partial charge in [0.2, 0.25) is 5.90 Å². The molecule has 0 fully saturated rings. The molecule has 0 aromatic heterocycles. The number of aliphatic hydroxyl groups excluding tert-OH is 1. The molecule has 2 atom stereocenters. The molecular weight excluding hydrogens is 462 g/mol. The smallest absolute Gasteiger partial charge is 0.266 e. The lowest BCUT2D eigenvalue weighted by Gasteiger charge is -2.30. The van der Waals surface area contributed by atoms with Gasteiger partial charge in [-0.15, -0.1) is 6.58 Å². The van der Waals surface area contributed by atoms with Crippen molar-refractivity contribution < 1.29 is 19.4 Å². The fourth-order valence-corrected chi connectivity index (χ4v) is 3.91. The van der Waals surface area contributed by atoms with Crippen molar-refractivity contribution in [3.05, 3.63) is 76.8 Å². The van der Waals surface area contributed by atoms with Crippen molar-refractivity contribution in [1.82, 2.24) is 10.9 Å². The van der Waals surface area contributed by atoms with Crippen molar-refractivity contribution >= 4 is 27.7 Å². The monoisotopic (exact) mass is 487 g/mol. The first-order valence-corrected chi connectivity index (χ1v) is 10.8. The number of rotatable bonds is 10. The summed E-state index contributed by atoms with van der Waals surface area (Å²) in [5, 5.41) is 8.89. The zero-order valence-electron chi connectivity index (χ0n) is 17.3. The summed E-state index contributed by atoms with van der Waals surface area (Å²) in [5.74, 6) is 0.744. The van der Waals surface area contributed by atoms with E-state index in [4.69, 9.17) is 19.6 Å². The SMILES string of the molecule is C=CC[C@]1(C(=O)NNC)N=C(c2ccc(OCCCO)cc2)O[C@H]1c1ccccc1Br. The number of aliphatic imine (C=N–C) groups is 1. The molecule has 2 aromatic carbocycles. The molecule has 0 unspecified atom stereocenters. The van der Waals surface area contributed by atoms with Gasteiger partial charge in [0.05, 0.1) is 6.61 Å². The van der Waals surface area contributed by atoms with Crippen LogP contribution in [0.25, 0.3) is 0 Å². The number of hydrogen-bond donors (Lipinski definition) is 3. The van der Waals surface area contributed by atoms with Gasteiger partial charge in [0, 0.05) is 42.1 Å². The van der Waals surface area contributed by atoms with Crippen LogP contribution in [-0.2, 0) is 9.53 Å². The van der Waals surface area contributed by atoms with E-state index in [1.54, 1.807) is 13.1 Å². The fourth-order valence-electron chi connectivity index (χ4n) is 3.42. The van der Waals surface area contributed by atoms with Crippen LogP contribution >= 0.6 is 15.9 Å². The summed E-state index contributed by atoms with van der Waals surface area (Å²) < 4.78 is 12.7. The first-order valence-electron chi connectivity index (χ1n) is 9.99. The Labute approximate surface area is 190 Å². The third kappa shape index (κ3) is 4.98. The maximum atomic E-state index is 13.2. The standard InChI is InChI=1S/C23H26BrN3O4/c1-3-13-23(22(29)27-25-2)20(18-7-4-5-8-19(18)24)31-21(26-23)16-9-11-17(12-10-16)30-15-6-14-28/h3-5,7-12,20,25,28H,1,6,13-15H2,2H3,(H,27,29)/t20-,23-/m0/s1. The molecule has 164 valence electrons. The molecule has 1 heterocycles. The Hall–Kier alpha value is -2.68. The number of benzene rings is 2. The predicted molar refractivity (Wildman–Crippen MR) is 123 cm³/mol. The molecule has 0 saturated heterocycles. The molecular formula is C23H26BrN3O4. The van der Waals surface area contributed by atoms with E-state index in [0.29, 0.717) is 31.1 Å². The quantitative estimate of drug-likeness (QED) is 0.271. The molecule has 0 radical (unpaired) electrons. The van der Waals surface area contributed by atoms with E-state index in [-0.39, 0.29) is 12.5 Å². The predicted octanol–water partition coefficient (Wildman–Crippen LogP) is 3.29. The second-order valence-corrected chi connectivity index (χ2v) is 7.86. The minimum atomic E-state index is -1.22. The van der Waals surface area contributed by atoms with E-state index >= 15 is 0 Å². The Morgan fingerprint density at radius 2 is 2.06 bits per heavy atom. The topological polar surface area (TPSA) is 92.2 Å². The number of hydrogen-bond acceptors (Lipinski definition) is 6. The largest absolute Gasteiger partial charge is 0.494 e. The zero-order valence-corrected chi connectivity index (χ0v) is 18.9. The van der Waals surface area contributed by atoms with E-state index in [1.165, 1.54) is 0 Å². The summed E-state index contributed by atoms with van der Waals surface area (Å²) in [6.45, 7) is 4.35. The van der Waals surface area contributed by atoms with Crippen LogP contribution in [0, 0.1) is 0 Å². The highest BCUT2D eigenvalue weighted by Crippen LogP contribution is 2.44. The van der Waals surface area contributed by atoms with Crippen LogP contribution in [0.15, 0.2) is 70.7 Å². The van der Waals surface area contributed by atoms with Crippen molar-refractivity contribution in [2.75, 3.05) is 20.3 Å². The average Bonchev–Trinajstić information content (AvgIpc) is 3.16. The molecule has 3 N–H and O–H groups in total. The van der Waals surface area contributed by atoms with E-state index in [2.05, 4.69) is 33.4 Å². The van der Waals surface area contributed by atoms with Gasteiger partial charge in [0.25, 0.3) is 5.91 Å². The Morgan fingerprint density at radius 3 is 2.71 bits per heavy atom. The molecule has 0 aliphatic carbocycles. The lowest BCUT2D eigenvalue weighted by Crippen LogP contribution is -2.51. The number of hydrazine groups is 1. The summed E-state index contributed by atoms with van der Waals surface area (Å²) in [7, 11) is 1.63. The molecule has 2 aromatic rings. The van der Waals surface area contributed by atoms with Crippen LogP contribution < -0.4 is 15.6 Å². The fraction of sp³-hybridized carbons (Fsp3) is 0.304. The Balaban J connectivity index is 1.99. The number of nitrogens with one attached hydrogen (secondary N) is 2. The minimum absolute atomic E-state index is 0.0826. The normalized spacial score (nSPS) is 20.0. The third-order valence-electron chi connectivity index (χ3n) is 4.91. The van der Waals surface area contributed by atoms with Crippen molar-refractivity contribution in [3.63, 3.8) is 0 Å². The van der Waals surface area contributed by atoms with Crippen molar-refractivity contribution in [2.45, 2.75) is 24.5 Å². The molecule has 8 heteroatoms. The maximum Gasteiger partial charge on any atom is 0.266 e. The Kier molecular flexibility index (Phi) is 7.84. The van der Waals surface area contributed by atoms with E-state index in [0.717, 1.165) is 15.6 Å². The summed E-state index contributed by atoms with van der Waals surface area (Å²) in [4.78, 5) is 17.9. The molecule has 1 amide bonds. The molecule has 31 heavy (non-hydrogen) atoms. The highest BCUT2D eigenvalue weighted by molar-refractivity contribution is 9.10. The van der Waals surface area contributed by atoms with E-state index in [9.17, 15) is 4.79 Å². The lowest BCUT2D eigenvalue weighted by atomic mass is 9.84. The second kappa shape index (κ2) is 10.6. The minimum Gasteiger partial charge on any atom is -0.494 e. The third-order valence-corrected chi connectivity index (χ3v) is 5.63. The summed E-state index contributed by atoms with van der Waals surface area (Å²) in [6.07, 6.45) is 1.88. The number of ether oxygens (including phenoxy) is 2. The number of carbonyl (C=O) groups is 1. The summed E-state index contributed by atoms with van der Waals surface area (Å²) >= 11 is 3.57. The highest BCUT2D eigenvalue weighted by atomic mass is 79.9. The first-order chi connectivity index (χ1) is 15.1. The van der Waals surface area contributed by atoms with Gasteiger partial charge in [0.1, 0.15) is 5.75 Å². The zero-order chi connectivity index (χ0) is 22.3. The number of aliphatic hydroxyl groups is 1. The van der Waals surface area contributed by atoms with Crippen molar-refractivity contribution in [2.24, 2.45) is 4.99 Å². The number of halogens is 1. The van der Waals surface area contributed by atoms with Crippen LogP contribution in [0.3, 0.4) is 0 Å². The van der Waals surface area contributed by atoms with Crippen LogP contribution in [-0.4, -0.2) is 42.7 Å². The summed E-state index contributed by atoms with van der Waals surface area (Å²) in [6, 6.07) is 14.9. The van der Waals surface area contributed by atoms with Gasteiger partial charge in [-0.25, -0.2) is 10.4 Å². The van der Waals surface area contributed by atoms with Gasteiger partial charge < -0.3 is 14.6 Å². The van der Waals surface area contributed by atoms with Crippen LogP contribution in [0.1, 0.15) is 30.1 Å². The molecule has 0 bridgehead atoms. The molecule has 0 saturated carbocycles. The number of carbonyl (C=O) groups excluding carboxylic acids is 1. The van der Waals surface area contributed by atoms with Gasteiger partial charge in [-0.3, -0.25) is 10.2 Å². The second-order valence-electron chi connectivity index (χ2n) is 7.01. The number of nitrogens with zero attached hydrogens (tertiary/aromatic N) is 1. The van der Waals surface area contributed by atoms with Gasteiger partial charge in [0.15, 0.2) is 11.6 Å². The maximum absolute atomic E-state index is 13.2. The Bertz CT molecular complexity index is 948. The number of amides is 1. The molecule has 0 spiro atoms. The lowest BCUT2D eigenvalue weighted by molar-refractivity contribution is -0.129. The van der Waals surface area contributed by atoms with Gasteiger partial charge in [-0.2, -0.15) is 0 Å². The molecule has 3 rings (SSSR count). The molecule has 7 nitrogen and oxygen atoms in total. The first kappa shape index (κ1) is 23.0. The molecule has 1 aliphatic rings. The van der Waals surface area contributed by atoms with Crippen LogP contribution in [0.4, 0.5) is 0 Å². The van der Waals surface area contributed by atoms with Gasteiger partial charge >= 0.3 is 0 Å². The molecule has 1 aliphatic heterocycles. The van der Waals surface area contributed by atoms with E-state index in [1.807, 2.05) is 48.5 Å². The van der Waals surface area contributed by atoms with Crippen LogP contribution in [0.2, 0.25) is 0 Å². The Morgan fingerprint density at radius 1 is 1.32 bits per heavy atom. The summed E-state index contributed by atoms with van der Waals surface area (Å²) in [5.41, 5.74) is 5.69. The van der Waals surface area contributed by atoms with Gasteiger partial charge in [-0.1, -0.05) is 40.2 Å². The van der Waals surface area contributed by atoms with Crippen molar-refractivity contribution in [3.8, 4) is 5.75 Å². The van der Waals surface area contributed by atoms with Crippen LogP contribution in [0.5, 0.6) is 5.75 Å². The van der Waals surface area contributed by atoms with Gasteiger partial charge in [-0.05, 0) is 30.3 Å².